The van der Waals surface area contributed by atoms with Crippen LogP contribution in [0.15, 0.2) is 23.4 Å². The fraction of sp³-hybridized carbons (Fsp3) is 0.478. The molecule has 2 aromatic rings. The molecule has 1 aromatic heterocycles. The Kier molecular flexibility index (Phi) is 6.51. The van der Waals surface area contributed by atoms with Crippen molar-refractivity contribution < 1.29 is 14.1 Å². The molecule has 1 fully saturated rings. The first-order valence-corrected chi connectivity index (χ1v) is 12.5. The van der Waals surface area contributed by atoms with Gasteiger partial charge >= 0.3 is 6.09 Å². The minimum atomic E-state index is -1.36. The molecule has 0 radical (unpaired) electrons. The summed E-state index contributed by atoms with van der Waals surface area (Å²) in [4.78, 5) is 26.6. The number of nitrogens with zero attached hydrogens (tertiary/aromatic N) is 6. The summed E-state index contributed by atoms with van der Waals surface area (Å²) < 4.78 is 12.3. The van der Waals surface area contributed by atoms with E-state index in [0.717, 1.165) is 30.0 Å². The predicted octanol–water partition coefficient (Wildman–Crippen LogP) is 2.48. The normalized spacial score (nSPS) is 19.1. The van der Waals surface area contributed by atoms with E-state index in [4.69, 9.17) is 0 Å². The van der Waals surface area contributed by atoms with Crippen molar-refractivity contribution in [3.63, 3.8) is 0 Å². The molecule has 0 bridgehead atoms. The quantitative estimate of drug-likeness (QED) is 0.681. The van der Waals surface area contributed by atoms with E-state index in [-0.39, 0.29) is 11.6 Å². The van der Waals surface area contributed by atoms with Crippen LogP contribution in [0.1, 0.15) is 28.8 Å². The molecule has 1 aromatic carbocycles. The molecule has 0 spiro atoms. The zero-order valence-electron chi connectivity index (χ0n) is 19.1. The second-order valence-electron chi connectivity index (χ2n) is 8.54. The highest BCUT2D eigenvalue weighted by Gasteiger charge is 2.34. The van der Waals surface area contributed by atoms with E-state index in [1.54, 1.807) is 6.26 Å². The molecular formula is C23H28N6O3S. The maximum absolute atomic E-state index is 12.3. The number of benzene rings is 1. The van der Waals surface area contributed by atoms with Crippen LogP contribution in [-0.2, 0) is 23.8 Å². The third-order valence-electron chi connectivity index (χ3n) is 6.55. The van der Waals surface area contributed by atoms with Crippen LogP contribution in [0.25, 0.3) is 0 Å². The summed E-state index contributed by atoms with van der Waals surface area (Å²) in [5.41, 5.74) is 5.51. The van der Waals surface area contributed by atoms with Crippen LogP contribution in [0.5, 0.6) is 0 Å². The Morgan fingerprint density at radius 1 is 1.24 bits per heavy atom. The van der Waals surface area contributed by atoms with Crippen molar-refractivity contribution in [2.24, 2.45) is 0 Å². The Bertz CT molecular complexity index is 1150. The van der Waals surface area contributed by atoms with Crippen LogP contribution >= 0.6 is 0 Å². The van der Waals surface area contributed by atoms with Crippen LogP contribution in [0.4, 0.5) is 16.3 Å². The van der Waals surface area contributed by atoms with Gasteiger partial charge in [0.1, 0.15) is 5.82 Å². The number of rotatable bonds is 4. The lowest BCUT2D eigenvalue weighted by Crippen LogP contribution is -2.55. The van der Waals surface area contributed by atoms with Gasteiger partial charge in [0.2, 0.25) is 5.16 Å². The van der Waals surface area contributed by atoms with Crippen molar-refractivity contribution in [1.29, 1.82) is 5.26 Å². The van der Waals surface area contributed by atoms with Gasteiger partial charge < -0.3 is 19.8 Å². The number of carboxylic acid groups (broad SMARTS) is 1. The van der Waals surface area contributed by atoms with E-state index in [2.05, 4.69) is 53.0 Å². The zero-order valence-corrected chi connectivity index (χ0v) is 19.9. The van der Waals surface area contributed by atoms with E-state index in [1.165, 1.54) is 21.7 Å². The first-order chi connectivity index (χ1) is 15.8. The number of carbonyl (C=O) groups is 1. The maximum Gasteiger partial charge on any atom is 0.407 e. The summed E-state index contributed by atoms with van der Waals surface area (Å²) in [5, 5.41) is 19.0. The summed E-state index contributed by atoms with van der Waals surface area (Å²) in [6.45, 7) is 6.75. The second-order valence-corrected chi connectivity index (χ2v) is 9.81. The molecule has 1 N–H and O–H groups in total. The largest absolute Gasteiger partial charge is 0.465 e. The Morgan fingerprint density at radius 2 is 2.03 bits per heavy atom. The minimum absolute atomic E-state index is 0.114. The SMILES string of the molecule is Cc1cccc(N2CCc3c(nc(S(C)=O)nc3N3CCN(C(=O)O)[C@@H](CC#N)C3)C2)c1C. The highest BCUT2D eigenvalue weighted by atomic mass is 32.2. The van der Waals surface area contributed by atoms with Gasteiger partial charge in [0.25, 0.3) is 0 Å². The summed E-state index contributed by atoms with van der Waals surface area (Å²) in [7, 11) is -1.36. The summed E-state index contributed by atoms with van der Waals surface area (Å²) in [5.74, 6) is 0.721. The third-order valence-corrected chi connectivity index (χ3v) is 7.25. The van der Waals surface area contributed by atoms with E-state index < -0.39 is 22.9 Å². The monoisotopic (exact) mass is 468 g/mol. The molecule has 2 aliphatic heterocycles. The van der Waals surface area contributed by atoms with Crippen LogP contribution in [-0.4, -0.2) is 68.8 Å². The van der Waals surface area contributed by atoms with Gasteiger partial charge in [-0.25, -0.2) is 14.8 Å². The number of aryl methyl sites for hydroxylation is 1. The number of nitriles is 1. The van der Waals surface area contributed by atoms with Crippen molar-refractivity contribution in [3.8, 4) is 6.07 Å². The highest BCUT2D eigenvalue weighted by Crippen LogP contribution is 2.33. The lowest BCUT2D eigenvalue weighted by molar-refractivity contribution is 0.119. The Morgan fingerprint density at radius 3 is 2.73 bits per heavy atom. The van der Waals surface area contributed by atoms with Crippen molar-refractivity contribution in [2.75, 3.05) is 42.2 Å². The number of hydrogen-bond donors (Lipinski definition) is 1. The Labute approximate surface area is 196 Å². The Balaban J connectivity index is 1.69. The first-order valence-electron chi connectivity index (χ1n) is 11.0. The lowest BCUT2D eigenvalue weighted by Gasteiger charge is -2.41. The summed E-state index contributed by atoms with van der Waals surface area (Å²) >= 11 is 0. The fourth-order valence-electron chi connectivity index (χ4n) is 4.64. The average Bonchev–Trinajstić information content (AvgIpc) is 2.79. The van der Waals surface area contributed by atoms with Crippen LogP contribution in [0.3, 0.4) is 0 Å². The molecule has 1 amide bonds. The molecule has 0 aliphatic carbocycles. The van der Waals surface area contributed by atoms with Gasteiger partial charge in [-0.1, -0.05) is 12.1 Å². The van der Waals surface area contributed by atoms with Crippen molar-refractivity contribution in [1.82, 2.24) is 14.9 Å². The van der Waals surface area contributed by atoms with Crippen molar-refractivity contribution in [2.45, 2.75) is 44.4 Å². The van der Waals surface area contributed by atoms with E-state index in [1.807, 2.05) is 4.90 Å². The van der Waals surface area contributed by atoms with Gasteiger partial charge in [0.05, 0.1) is 41.6 Å². The van der Waals surface area contributed by atoms with Crippen LogP contribution < -0.4 is 9.80 Å². The van der Waals surface area contributed by atoms with E-state index in [9.17, 15) is 19.4 Å². The predicted molar refractivity (Wildman–Crippen MR) is 126 cm³/mol. The van der Waals surface area contributed by atoms with Crippen molar-refractivity contribution >= 4 is 28.4 Å². The molecule has 174 valence electrons. The number of anilines is 2. The maximum atomic E-state index is 12.3. The minimum Gasteiger partial charge on any atom is -0.465 e. The van der Waals surface area contributed by atoms with Gasteiger partial charge in [-0.15, -0.1) is 0 Å². The van der Waals surface area contributed by atoms with Gasteiger partial charge in [0, 0.05) is 43.7 Å². The zero-order chi connectivity index (χ0) is 23.7. The number of piperazine rings is 1. The molecule has 1 saturated heterocycles. The standard InChI is InChI=1S/C23H28N6O3S/c1-15-5-4-6-20(16(15)2)27-10-8-18-19(14-27)25-22(33(3)32)26-21(18)28-11-12-29(23(30)31)17(13-28)7-9-24/h4-6,17H,7-8,10-14H2,1-3H3,(H,30,31)/t17-,33?/m0/s1. The molecule has 2 aliphatic rings. The van der Waals surface area contributed by atoms with Gasteiger partial charge in [0.15, 0.2) is 0 Å². The average molecular weight is 469 g/mol. The Hall–Kier alpha value is -3.19. The van der Waals surface area contributed by atoms with E-state index >= 15 is 0 Å². The first kappa shape index (κ1) is 23.0. The molecule has 1 unspecified atom stereocenters. The van der Waals surface area contributed by atoms with E-state index in [0.29, 0.717) is 26.2 Å². The van der Waals surface area contributed by atoms with Crippen LogP contribution in [0, 0.1) is 25.2 Å². The second kappa shape index (κ2) is 9.35. The molecule has 33 heavy (non-hydrogen) atoms. The lowest BCUT2D eigenvalue weighted by atomic mass is 10.0. The number of aromatic nitrogens is 2. The van der Waals surface area contributed by atoms with Gasteiger partial charge in [-0.05, 0) is 37.5 Å². The number of fused-ring (bicyclic) bond motifs is 1. The number of hydrogen-bond acceptors (Lipinski definition) is 7. The molecule has 4 rings (SSSR count). The third kappa shape index (κ3) is 4.50. The highest BCUT2D eigenvalue weighted by molar-refractivity contribution is 7.84. The van der Waals surface area contributed by atoms with Gasteiger partial charge in [-0.2, -0.15) is 5.26 Å². The fourth-order valence-corrected chi connectivity index (χ4v) is 5.10. The molecule has 9 nitrogen and oxygen atoms in total. The van der Waals surface area contributed by atoms with Gasteiger partial charge in [-0.3, -0.25) is 4.21 Å². The molecule has 2 atom stereocenters. The van der Waals surface area contributed by atoms with Crippen molar-refractivity contribution in [3.05, 3.63) is 40.6 Å². The van der Waals surface area contributed by atoms with Crippen LogP contribution in [0.2, 0.25) is 0 Å². The topological polar surface area (TPSA) is 114 Å². The molecular weight excluding hydrogens is 440 g/mol. The smallest absolute Gasteiger partial charge is 0.407 e. The molecule has 0 saturated carbocycles. The summed E-state index contributed by atoms with van der Waals surface area (Å²) in [6, 6.07) is 7.94. The molecule has 10 heteroatoms. The summed E-state index contributed by atoms with van der Waals surface area (Å²) in [6.07, 6.45) is 1.40. The number of amides is 1. The molecule has 3 heterocycles.